The Morgan fingerprint density at radius 2 is 1.84 bits per heavy atom. The van der Waals surface area contributed by atoms with Crippen LogP contribution < -0.4 is 24.8 Å². The van der Waals surface area contributed by atoms with Crippen LogP contribution in [0, 0.1) is 17.3 Å². The molecule has 2 saturated carbocycles. The van der Waals surface area contributed by atoms with E-state index in [9.17, 15) is 27.6 Å². The lowest BCUT2D eigenvalue weighted by Gasteiger charge is -2.35. The van der Waals surface area contributed by atoms with Crippen molar-refractivity contribution in [3.05, 3.63) is 66.7 Å². The Hall–Kier alpha value is -5.18. The Balaban J connectivity index is 1.28. The molecule has 4 amide bonds. The number of sulfonamides is 1. The molecular formula is C43H53N5O9S. The van der Waals surface area contributed by atoms with E-state index in [1.54, 1.807) is 7.11 Å². The van der Waals surface area contributed by atoms with E-state index in [0.29, 0.717) is 42.0 Å². The molecule has 6 atom stereocenters. The SMILES string of the molecule is C=C[C@H]1C[C@]1(NC(=O)[C@@H]1C[C@@H]2CN1C(=O)[C@H](C(C)(C)C)NC(=O)OCC(C)CCCc1cc3c(cc(-c4ccccc4)nc3cc1OC)O2)C(=O)NS(=O)(=O)C1CC1. The van der Waals surface area contributed by atoms with E-state index in [1.807, 2.05) is 76.2 Å². The topological polar surface area (TPSA) is 182 Å². The van der Waals surface area contributed by atoms with Gasteiger partial charge in [-0.2, -0.15) is 0 Å². The highest BCUT2D eigenvalue weighted by atomic mass is 32.2. The molecule has 14 nitrogen and oxygen atoms in total. The molecule has 0 spiro atoms. The molecule has 4 bridgehead atoms. The number of carbonyl (C=O) groups excluding carboxylic acids is 4. The molecule has 3 aromatic rings. The first-order valence-electron chi connectivity index (χ1n) is 20.0. The van der Waals surface area contributed by atoms with E-state index in [4.69, 9.17) is 19.2 Å². The maximum atomic E-state index is 14.7. The maximum Gasteiger partial charge on any atom is 0.407 e. The van der Waals surface area contributed by atoms with Gasteiger partial charge >= 0.3 is 6.09 Å². The number of methoxy groups -OCH3 is 1. The number of amides is 4. The third kappa shape index (κ3) is 8.50. The van der Waals surface area contributed by atoms with Crippen molar-refractivity contribution in [1.29, 1.82) is 0 Å². The summed E-state index contributed by atoms with van der Waals surface area (Å²) in [6.07, 6.45) is 3.34. The third-order valence-corrected chi connectivity index (χ3v) is 13.5. The van der Waals surface area contributed by atoms with E-state index in [2.05, 4.69) is 21.9 Å². The number of aromatic nitrogens is 1. The number of hydrogen-bond donors (Lipinski definition) is 3. The quantitative estimate of drug-likeness (QED) is 0.261. The second-order valence-corrected chi connectivity index (χ2v) is 19.2. The number of nitrogens with one attached hydrogen (secondary N) is 3. The number of ether oxygens (including phenoxy) is 3. The van der Waals surface area contributed by atoms with Crippen molar-refractivity contribution in [3.8, 4) is 22.8 Å². The van der Waals surface area contributed by atoms with Gasteiger partial charge in [-0.05, 0) is 61.5 Å². The normalized spacial score (nSPS) is 26.7. The number of benzene rings is 2. The van der Waals surface area contributed by atoms with E-state index >= 15 is 0 Å². The van der Waals surface area contributed by atoms with Gasteiger partial charge in [-0.1, -0.05) is 64.1 Å². The molecule has 2 aromatic carbocycles. The number of alkyl carbamates (subject to hydrolysis) is 1. The molecule has 3 N–H and O–H groups in total. The summed E-state index contributed by atoms with van der Waals surface area (Å²) in [5, 5.41) is 5.70. The van der Waals surface area contributed by atoms with Crippen LogP contribution in [0.4, 0.5) is 4.79 Å². The van der Waals surface area contributed by atoms with Gasteiger partial charge in [0.05, 0.1) is 36.7 Å². The second-order valence-electron chi connectivity index (χ2n) is 17.3. The molecule has 1 unspecified atom stereocenters. The largest absolute Gasteiger partial charge is 0.496 e. The average Bonchev–Trinajstić information content (AvgIpc) is 4.12. The van der Waals surface area contributed by atoms with Crippen LogP contribution in [0.25, 0.3) is 22.2 Å². The molecule has 0 radical (unpaired) electrons. The molecule has 1 saturated heterocycles. The van der Waals surface area contributed by atoms with Crippen LogP contribution in [-0.2, 0) is 35.6 Å². The molecule has 2 aliphatic heterocycles. The monoisotopic (exact) mass is 815 g/mol. The van der Waals surface area contributed by atoms with Gasteiger partial charge in [0.15, 0.2) is 0 Å². The Kier molecular flexibility index (Phi) is 11.2. The highest BCUT2D eigenvalue weighted by Crippen LogP contribution is 2.46. The van der Waals surface area contributed by atoms with Gasteiger partial charge in [0.2, 0.25) is 21.8 Å². The average molecular weight is 816 g/mol. The number of rotatable bonds is 8. The van der Waals surface area contributed by atoms with Crippen LogP contribution in [0.1, 0.15) is 71.8 Å². The fraction of sp³-hybridized carbons (Fsp3) is 0.512. The van der Waals surface area contributed by atoms with Crippen LogP contribution in [0.2, 0.25) is 0 Å². The maximum absolute atomic E-state index is 14.7. The smallest absolute Gasteiger partial charge is 0.407 e. The van der Waals surface area contributed by atoms with E-state index in [0.717, 1.165) is 29.4 Å². The number of aryl methyl sites for hydroxylation is 1. The minimum absolute atomic E-state index is 0.0203. The predicted molar refractivity (Wildman–Crippen MR) is 217 cm³/mol. The van der Waals surface area contributed by atoms with Gasteiger partial charge in [-0.25, -0.2) is 18.2 Å². The van der Waals surface area contributed by atoms with Crippen LogP contribution in [-0.4, -0.2) is 91.4 Å². The Bertz CT molecular complexity index is 2220. The van der Waals surface area contributed by atoms with Crippen molar-refractivity contribution in [2.24, 2.45) is 17.3 Å². The summed E-state index contributed by atoms with van der Waals surface area (Å²) in [5.74, 6) is -1.36. The van der Waals surface area contributed by atoms with Gasteiger partial charge in [0.25, 0.3) is 5.91 Å². The van der Waals surface area contributed by atoms with Crippen molar-refractivity contribution >= 4 is 44.7 Å². The summed E-state index contributed by atoms with van der Waals surface area (Å²) < 4.78 is 46.1. The lowest BCUT2D eigenvalue weighted by Crippen LogP contribution is -2.60. The molecular weight excluding hydrogens is 763 g/mol. The first kappa shape index (κ1) is 41.0. The lowest BCUT2D eigenvalue weighted by atomic mass is 9.85. The van der Waals surface area contributed by atoms with Gasteiger partial charge in [0.1, 0.15) is 35.2 Å². The minimum Gasteiger partial charge on any atom is -0.496 e. The first-order chi connectivity index (χ1) is 27.5. The highest BCUT2D eigenvalue weighted by molar-refractivity contribution is 7.91. The van der Waals surface area contributed by atoms with Crippen molar-refractivity contribution in [3.63, 3.8) is 0 Å². The molecule has 15 heteroatoms. The molecule has 1 aromatic heterocycles. The third-order valence-electron chi connectivity index (χ3n) is 11.7. The van der Waals surface area contributed by atoms with Gasteiger partial charge in [-0.3, -0.25) is 19.1 Å². The summed E-state index contributed by atoms with van der Waals surface area (Å²) >= 11 is 0. The number of hydrogen-bond acceptors (Lipinski definition) is 10. The standard InChI is InChI=1S/C43H53N5O9S/c1-7-28-22-43(28,40(51)47-58(53,54)30-16-17-30)46-38(49)34-19-29-23-48(34)39(50)37(42(3,4)5)45-41(52)56-24-25(2)12-11-15-27-18-31-33(21-35(27)55-6)44-32(20-36(31)57-29)26-13-9-8-10-14-26/h7-10,13-14,18,20-21,25,28-30,34,37H,1,11-12,15-17,19,22-24H2,2-6H3,(H,45,52)(H,46,49)(H,47,51)/t25?,28-,29+,34-,37+,43+/m0/s1. The highest BCUT2D eigenvalue weighted by Gasteiger charge is 2.62. The van der Waals surface area contributed by atoms with E-state index < -0.39 is 74.1 Å². The molecule has 3 fully saturated rings. The molecule has 3 heterocycles. The first-order valence-corrected chi connectivity index (χ1v) is 21.6. The number of fused-ring (bicyclic) bond motifs is 3. The minimum atomic E-state index is -3.92. The van der Waals surface area contributed by atoms with E-state index in [1.165, 1.54) is 11.0 Å². The molecule has 4 aliphatic rings. The van der Waals surface area contributed by atoms with Gasteiger partial charge in [0, 0.05) is 35.4 Å². The number of nitrogens with zero attached hydrogens (tertiary/aromatic N) is 2. The Labute approximate surface area is 339 Å². The van der Waals surface area contributed by atoms with Crippen molar-refractivity contribution in [2.75, 3.05) is 20.3 Å². The van der Waals surface area contributed by atoms with Crippen LogP contribution in [0.3, 0.4) is 0 Å². The van der Waals surface area contributed by atoms with Crippen LogP contribution >= 0.6 is 0 Å². The Morgan fingerprint density at radius 1 is 1.10 bits per heavy atom. The second kappa shape index (κ2) is 15.9. The van der Waals surface area contributed by atoms with E-state index in [-0.39, 0.29) is 31.9 Å². The summed E-state index contributed by atoms with van der Waals surface area (Å²) in [6.45, 7) is 11.3. The van der Waals surface area contributed by atoms with Crippen LogP contribution in [0.5, 0.6) is 11.5 Å². The lowest BCUT2D eigenvalue weighted by molar-refractivity contribution is -0.142. The number of cyclic esters (lactones) is 1. The van der Waals surface area contributed by atoms with Crippen molar-refractivity contribution < 1.29 is 41.8 Å². The van der Waals surface area contributed by atoms with Crippen molar-refractivity contribution in [2.45, 2.75) is 102 Å². The fourth-order valence-electron chi connectivity index (χ4n) is 8.00. The molecule has 58 heavy (non-hydrogen) atoms. The van der Waals surface area contributed by atoms with Crippen molar-refractivity contribution in [1.82, 2.24) is 25.2 Å². The predicted octanol–water partition coefficient (Wildman–Crippen LogP) is 5.04. The summed E-state index contributed by atoms with van der Waals surface area (Å²) in [6, 6.07) is 13.2. The molecule has 7 rings (SSSR count). The Morgan fingerprint density at radius 3 is 2.50 bits per heavy atom. The number of carbonyl (C=O) groups is 4. The fourth-order valence-corrected chi connectivity index (χ4v) is 9.36. The van der Waals surface area contributed by atoms with Gasteiger partial charge in [-0.15, -0.1) is 6.58 Å². The molecule has 2 aliphatic carbocycles. The summed E-state index contributed by atoms with van der Waals surface area (Å²) in [7, 11) is -2.29. The summed E-state index contributed by atoms with van der Waals surface area (Å²) in [4.78, 5) is 62.5. The zero-order valence-electron chi connectivity index (χ0n) is 33.7. The zero-order chi connectivity index (χ0) is 41.6. The van der Waals surface area contributed by atoms with Gasteiger partial charge < -0.3 is 29.7 Å². The molecule has 310 valence electrons. The number of pyridine rings is 1. The van der Waals surface area contributed by atoms with Crippen LogP contribution in [0.15, 0.2) is 61.2 Å². The zero-order valence-corrected chi connectivity index (χ0v) is 34.5. The summed E-state index contributed by atoms with van der Waals surface area (Å²) in [5.41, 5.74) is 0.727.